The van der Waals surface area contributed by atoms with Crippen molar-refractivity contribution in [3.63, 3.8) is 0 Å². The summed E-state index contributed by atoms with van der Waals surface area (Å²) < 4.78 is 9.98. The zero-order valence-corrected chi connectivity index (χ0v) is 30.0. The molecule has 53 heavy (non-hydrogen) atoms. The molecule has 2 aromatic carbocycles. The van der Waals surface area contributed by atoms with E-state index in [1.54, 1.807) is 18.0 Å². The maximum Gasteiger partial charge on any atom is 0.407 e. The van der Waals surface area contributed by atoms with Gasteiger partial charge in [-0.05, 0) is 74.1 Å². The van der Waals surface area contributed by atoms with E-state index in [1.807, 2.05) is 23.2 Å². The number of alkyl carbamates (subject to hydrolysis) is 1. The Morgan fingerprint density at radius 1 is 0.755 bits per heavy atom. The Balaban J connectivity index is 0.990. The lowest BCUT2D eigenvalue weighted by atomic mass is 9.85. The number of nitrogens with zero attached hydrogens (tertiary/aromatic N) is 4. The summed E-state index contributed by atoms with van der Waals surface area (Å²) in [5.41, 5.74) is 11.1. The number of benzene rings is 2. The molecule has 0 bridgehead atoms. The van der Waals surface area contributed by atoms with Gasteiger partial charge in [-0.25, -0.2) is 19.6 Å². The molecule has 1 aliphatic carbocycles. The van der Waals surface area contributed by atoms with Gasteiger partial charge in [-0.3, -0.25) is 9.59 Å². The second-order valence-electron chi connectivity index (χ2n) is 14.1. The Kier molecular flexibility index (Phi) is 10.5. The van der Waals surface area contributed by atoms with Gasteiger partial charge in [0, 0.05) is 13.1 Å². The summed E-state index contributed by atoms with van der Waals surface area (Å²) >= 11 is 0. The van der Waals surface area contributed by atoms with Gasteiger partial charge in [-0.2, -0.15) is 0 Å². The highest BCUT2D eigenvalue weighted by Crippen LogP contribution is 2.37. The van der Waals surface area contributed by atoms with Gasteiger partial charge < -0.3 is 40.3 Å². The number of primary amides is 1. The first-order valence-corrected chi connectivity index (χ1v) is 18.4. The summed E-state index contributed by atoms with van der Waals surface area (Å²) in [6.45, 7) is 2.89. The van der Waals surface area contributed by atoms with Crippen LogP contribution in [0.3, 0.4) is 0 Å². The van der Waals surface area contributed by atoms with Crippen molar-refractivity contribution >= 4 is 24.0 Å². The number of H-pyrrole nitrogens is 2. The van der Waals surface area contributed by atoms with E-state index in [0.29, 0.717) is 25.9 Å². The Morgan fingerprint density at radius 3 is 1.81 bits per heavy atom. The monoisotopic (exact) mass is 722 g/mol. The molecule has 14 nitrogen and oxygen atoms in total. The summed E-state index contributed by atoms with van der Waals surface area (Å²) in [5.74, 6) is 0.936. The molecule has 5 N–H and O–H groups in total. The average Bonchev–Trinajstić information content (AvgIpc) is 4.01. The molecule has 3 fully saturated rings. The smallest absolute Gasteiger partial charge is 0.407 e. The van der Waals surface area contributed by atoms with Crippen molar-refractivity contribution in [3.8, 4) is 33.6 Å². The molecule has 7 rings (SSSR count). The van der Waals surface area contributed by atoms with Crippen molar-refractivity contribution in [2.24, 2.45) is 11.7 Å². The fourth-order valence-corrected chi connectivity index (χ4v) is 8.05. The van der Waals surface area contributed by atoms with E-state index >= 15 is 0 Å². The minimum Gasteiger partial charge on any atom is -0.453 e. The van der Waals surface area contributed by atoms with Gasteiger partial charge >= 0.3 is 12.2 Å². The number of hydrogen-bond donors (Lipinski definition) is 4. The van der Waals surface area contributed by atoms with Crippen LogP contribution in [0.5, 0.6) is 0 Å². The average molecular weight is 723 g/mol. The SMILES string of the molecule is COC(=O)N[C@@H](C)C(=O)N1CCCC1c1ncc(-c2ccc(-c3ccc(-c4cnc(C5CCCN5C(=O)[C@H]5CCCC[C@H]5OC(N)=O)[nH]4)cc3)cc2)[nH]1. The third kappa shape index (κ3) is 7.62. The van der Waals surface area contributed by atoms with Crippen LogP contribution in [0.1, 0.15) is 82.0 Å². The molecule has 4 amide bonds. The molecule has 1 saturated carbocycles. The number of methoxy groups -OCH3 is 1. The van der Waals surface area contributed by atoms with Gasteiger partial charge in [0.1, 0.15) is 23.8 Å². The third-order valence-electron chi connectivity index (χ3n) is 10.8. The van der Waals surface area contributed by atoms with Crippen molar-refractivity contribution in [1.82, 2.24) is 35.1 Å². The quantitative estimate of drug-likeness (QED) is 0.165. The number of aromatic amines is 2. The van der Waals surface area contributed by atoms with Crippen molar-refractivity contribution in [1.29, 1.82) is 0 Å². The largest absolute Gasteiger partial charge is 0.453 e. The fourth-order valence-electron chi connectivity index (χ4n) is 8.05. The Hall–Kier alpha value is -5.66. The Labute approximate surface area is 307 Å². The van der Waals surface area contributed by atoms with Crippen LogP contribution >= 0.6 is 0 Å². The normalized spacial score (nSPS) is 22.0. The maximum absolute atomic E-state index is 13.7. The highest BCUT2D eigenvalue weighted by Gasteiger charge is 2.41. The number of nitrogens with two attached hydrogens (primary N) is 1. The molecule has 2 aliphatic heterocycles. The minimum atomic E-state index is -0.832. The van der Waals surface area contributed by atoms with Gasteiger partial charge in [0.25, 0.3) is 0 Å². The number of carbonyl (C=O) groups is 4. The van der Waals surface area contributed by atoms with Crippen molar-refractivity contribution < 1.29 is 28.7 Å². The van der Waals surface area contributed by atoms with Crippen LogP contribution in [-0.2, 0) is 19.1 Å². The van der Waals surface area contributed by atoms with Gasteiger partial charge in [-0.15, -0.1) is 0 Å². The molecule has 278 valence electrons. The topological polar surface area (TPSA) is 189 Å². The molecule has 14 heteroatoms. The second-order valence-corrected chi connectivity index (χ2v) is 14.1. The predicted octanol–water partition coefficient (Wildman–Crippen LogP) is 5.86. The standard InChI is InChI=1S/C39H46N8O6/c1-23(43-39(51)52-2)36(48)46-19-5-8-31(46)34-41-21-29(44-34)26-15-11-24(12-16-26)25-13-17-27(18-14-25)30-22-42-35(45-30)32-9-6-20-47(32)37(49)28-7-3-4-10-33(28)53-38(40)50/h11-18,21-23,28,31-33H,3-10,19-20H2,1-2H3,(H2,40,50)(H,41,44)(H,42,45)(H,43,51)/t23-,28-,31?,32?,33+/m0/s1. The molecule has 2 unspecified atom stereocenters. The number of rotatable bonds is 9. The summed E-state index contributed by atoms with van der Waals surface area (Å²) in [5, 5.41) is 2.56. The molecule has 5 atom stereocenters. The van der Waals surface area contributed by atoms with E-state index in [4.69, 9.17) is 15.5 Å². The number of nitrogens with one attached hydrogen (secondary N) is 3. The van der Waals surface area contributed by atoms with Crippen LogP contribution in [0.15, 0.2) is 60.9 Å². The first kappa shape index (κ1) is 35.7. The van der Waals surface area contributed by atoms with E-state index < -0.39 is 24.3 Å². The summed E-state index contributed by atoms with van der Waals surface area (Å²) in [6.07, 6.45) is 8.17. The van der Waals surface area contributed by atoms with Gasteiger partial charge in [0.15, 0.2) is 0 Å². The van der Waals surface area contributed by atoms with Crippen LogP contribution in [0.4, 0.5) is 9.59 Å². The van der Waals surface area contributed by atoms with Crippen LogP contribution in [0.2, 0.25) is 0 Å². The number of likely N-dealkylation sites (tertiary alicyclic amines) is 2. The molecule has 3 aliphatic rings. The molecule has 0 spiro atoms. The number of hydrogen-bond acceptors (Lipinski definition) is 8. The molecule has 2 aromatic heterocycles. The lowest BCUT2D eigenvalue weighted by Crippen LogP contribution is -2.46. The zero-order chi connectivity index (χ0) is 37.1. The summed E-state index contributed by atoms with van der Waals surface area (Å²) in [6, 6.07) is 15.5. The maximum atomic E-state index is 13.7. The lowest BCUT2D eigenvalue weighted by Gasteiger charge is -2.34. The number of carbonyl (C=O) groups excluding carboxylic acids is 4. The van der Waals surface area contributed by atoms with Gasteiger partial charge in [-0.1, -0.05) is 55.0 Å². The Morgan fingerprint density at radius 2 is 1.26 bits per heavy atom. The first-order valence-electron chi connectivity index (χ1n) is 18.4. The van der Waals surface area contributed by atoms with E-state index in [-0.39, 0.29) is 29.8 Å². The van der Waals surface area contributed by atoms with Crippen LogP contribution in [-0.4, -0.2) is 86.1 Å². The fraction of sp³-hybridized carbons (Fsp3) is 0.436. The van der Waals surface area contributed by atoms with Gasteiger partial charge in [0.05, 0.1) is 48.9 Å². The molecule has 0 radical (unpaired) electrons. The first-order chi connectivity index (χ1) is 25.7. The number of imidazole rings is 2. The second kappa shape index (κ2) is 15.5. The van der Waals surface area contributed by atoms with E-state index in [1.165, 1.54) is 7.11 Å². The zero-order valence-electron chi connectivity index (χ0n) is 30.0. The molecular weight excluding hydrogens is 676 g/mol. The van der Waals surface area contributed by atoms with E-state index in [2.05, 4.69) is 61.4 Å². The third-order valence-corrected chi connectivity index (χ3v) is 10.8. The number of aromatic nitrogens is 4. The lowest BCUT2D eigenvalue weighted by molar-refractivity contribution is -0.142. The van der Waals surface area contributed by atoms with Crippen LogP contribution in [0.25, 0.3) is 33.6 Å². The van der Waals surface area contributed by atoms with Crippen LogP contribution < -0.4 is 11.1 Å². The molecule has 4 aromatic rings. The number of ether oxygens (including phenoxy) is 2. The molecule has 4 heterocycles. The van der Waals surface area contributed by atoms with Crippen molar-refractivity contribution in [2.45, 2.75) is 82.5 Å². The Bertz CT molecular complexity index is 1940. The van der Waals surface area contributed by atoms with Crippen molar-refractivity contribution in [2.75, 3.05) is 20.2 Å². The van der Waals surface area contributed by atoms with Crippen LogP contribution in [0, 0.1) is 5.92 Å². The minimum absolute atomic E-state index is 0.00759. The predicted molar refractivity (Wildman–Crippen MR) is 196 cm³/mol. The molecular formula is C39H46N8O6. The number of amides is 4. The summed E-state index contributed by atoms with van der Waals surface area (Å²) in [4.78, 5) is 69.8. The summed E-state index contributed by atoms with van der Waals surface area (Å²) in [7, 11) is 1.27. The highest BCUT2D eigenvalue weighted by atomic mass is 16.6. The molecule has 2 saturated heterocycles. The van der Waals surface area contributed by atoms with Gasteiger partial charge in [0.2, 0.25) is 11.8 Å². The highest BCUT2D eigenvalue weighted by molar-refractivity contribution is 5.86. The van der Waals surface area contributed by atoms with Crippen molar-refractivity contribution in [3.05, 3.63) is 72.6 Å². The van der Waals surface area contributed by atoms with E-state index in [0.717, 1.165) is 83.8 Å². The van der Waals surface area contributed by atoms with E-state index in [9.17, 15) is 19.2 Å².